The summed E-state index contributed by atoms with van der Waals surface area (Å²) < 4.78 is 11.9. The second-order valence-electron chi connectivity index (χ2n) is 6.58. The summed E-state index contributed by atoms with van der Waals surface area (Å²) in [7, 11) is 1.63. The predicted molar refractivity (Wildman–Crippen MR) is 113 cm³/mol. The number of anilines is 1. The Hall–Kier alpha value is -2.21. The summed E-state index contributed by atoms with van der Waals surface area (Å²) in [5.41, 5.74) is 2.57. The zero-order valence-electron chi connectivity index (χ0n) is 16.3. The molecule has 27 heavy (non-hydrogen) atoms. The second-order valence-corrected chi connectivity index (χ2v) is 7.43. The first-order valence-electron chi connectivity index (χ1n) is 9.06. The maximum atomic E-state index is 12.2. The summed E-state index contributed by atoms with van der Waals surface area (Å²) >= 11 is 3.54. The van der Waals surface area contributed by atoms with Crippen LogP contribution < -0.4 is 20.1 Å². The number of hydrogen-bond donors (Lipinski definition) is 2. The highest BCUT2D eigenvalue weighted by Gasteiger charge is 2.12. The lowest BCUT2D eigenvalue weighted by Gasteiger charge is -2.14. The predicted octanol–water partition coefficient (Wildman–Crippen LogP) is 4.85. The standard InChI is InChI=1S/C21H27BrN2O3/c1-5-27-20-18(22)9-15(10-19(20)26-4)13-23-17-8-6-7-16(11-17)21(25)24-12-14(2)3/h6-11,14,23H,5,12-13H2,1-4H3,(H,24,25). The van der Waals surface area contributed by atoms with Crippen LogP contribution in [0.4, 0.5) is 5.69 Å². The molecule has 0 aromatic heterocycles. The Labute approximate surface area is 169 Å². The molecule has 0 aliphatic heterocycles. The van der Waals surface area contributed by atoms with E-state index in [0.717, 1.165) is 15.7 Å². The van der Waals surface area contributed by atoms with Crippen molar-refractivity contribution in [2.75, 3.05) is 25.6 Å². The maximum Gasteiger partial charge on any atom is 0.251 e. The van der Waals surface area contributed by atoms with E-state index in [-0.39, 0.29) is 5.91 Å². The third-order valence-corrected chi connectivity index (χ3v) is 4.46. The molecule has 0 aliphatic rings. The zero-order valence-corrected chi connectivity index (χ0v) is 17.9. The molecule has 0 heterocycles. The van der Waals surface area contributed by atoms with E-state index in [4.69, 9.17) is 9.47 Å². The van der Waals surface area contributed by atoms with Gasteiger partial charge in [-0.1, -0.05) is 19.9 Å². The third kappa shape index (κ3) is 6.17. The molecule has 146 valence electrons. The first kappa shape index (κ1) is 21.1. The number of benzene rings is 2. The number of carbonyl (C=O) groups excluding carboxylic acids is 1. The molecule has 0 bridgehead atoms. The fourth-order valence-corrected chi connectivity index (χ4v) is 3.14. The van der Waals surface area contributed by atoms with Gasteiger partial charge in [0.25, 0.3) is 5.91 Å². The van der Waals surface area contributed by atoms with Crippen LogP contribution in [-0.2, 0) is 6.54 Å². The minimum Gasteiger partial charge on any atom is -0.493 e. The number of hydrogen-bond acceptors (Lipinski definition) is 4. The molecular weight excluding hydrogens is 408 g/mol. The van der Waals surface area contributed by atoms with Crippen molar-refractivity contribution in [3.05, 3.63) is 52.0 Å². The van der Waals surface area contributed by atoms with Crippen LogP contribution in [0, 0.1) is 5.92 Å². The van der Waals surface area contributed by atoms with Gasteiger partial charge in [-0.15, -0.1) is 0 Å². The minimum atomic E-state index is -0.0576. The monoisotopic (exact) mass is 434 g/mol. The van der Waals surface area contributed by atoms with Crippen molar-refractivity contribution in [3.63, 3.8) is 0 Å². The lowest BCUT2D eigenvalue weighted by molar-refractivity contribution is 0.0949. The van der Waals surface area contributed by atoms with Crippen molar-refractivity contribution in [1.29, 1.82) is 0 Å². The molecule has 0 radical (unpaired) electrons. The molecular formula is C21H27BrN2O3. The van der Waals surface area contributed by atoms with Crippen LogP contribution in [0.2, 0.25) is 0 Å². The number of rotatable bonds is 9. The van der Waals surface area contributed by atoms with E-state index in [1.165, 1.54) is 0 Å². The van der Waals surface area contributed by atoms with E-state index in [9.17, 15) is 4.79 Å². The van der Waals surface area contributed by atoms with Gasteiger partial charge in [-0.3, -0.25) is 4.79 Å². The van der Waals surface area contributed by atoms with Crippen LogP contribution in [0.25, 0.3) is 0 Å². The van der Waals surface area contributed by atoms with Gasteiger partial charge in [0, 0.05) is 24.3 Å². The van der Waals surface area contributed by atoms with E-state index in [1.54, 1.807) is 7.11 Å². The fourth-order valence-electron chi connectivity index (χ4n) is 2.53. The number of amides is 1. The van der Waals surface area contributed by atoms with Gasteiger partial charge in [0.05, 0.1) is 18.2 Å². The van der Waals surface area contributed by atoms with Gasteiger partial charge in [0.2, 0.25) is 0 Å². The average Bonchev–Trinajstić information content (AvgIpc) is 2.66. The zero-order chi connectivity index (χ0) is 19.8. The number of halogens is 1. The number of carbonyl (C=O) groups is 1. The Morgan fingerprint density at radius 1 is 1.22 bits per heavy atom. The Morgan fingerprint density at radius 3 is 2.67 bits per heavy atom. The van der Waals surface area contributed by atoms with E-state index in [0.29, 0.717) is 42.7 Å². The summed E-state index contributed by atoms with van der Waals surface area (Å²) in [5.74, 6) is 1.75. The molecule has 5 nitrogen and oxygen atoms in total. The summed E-state index contributed by atoms with van der Waals surface area (Å²) in [6, 6.07) is 11.4. The molecule has 0 aliphatic carbocycles. The normalized spacial score (nSPS) is 10.6. The Morgan fingerprint density at radius 2 is 2.00 bits per heavy atom. The van der Waals surface area contributed by atoms with E-state index in [1.807, 2.05) is 43.3 Å². The molecule has 0 saturated heterocycles. The van der Waals surface area contributed by atoms with Crippen LogP contribution >= 0.6 is 15.9 Å². The second kappa shape index (κ2) is 10.2. The minimum absolute atomic E-state index is 0.0576. The summed E-state index contributed by atoms with van der Waals surface area (Å²) in [6.45, 7) is 7.90. The van der Waals surface area contributed by atoms with Crippen molar-refractivity contribution >= 4 is 27.5 Å². The molecule has 6 heteroatoms. The van der Waals surface area contributed by atoms with Gasteiger partial charge in [-0.05, 0) is 64.7 Å². The highest BCUT2D eigenvalue weighted by Crippen LogP contribution is 2.36. The molecule has 2 aromatic rings. The van der Waals surface area contributed by atoms with E-state index < -0.39 is 0 Å². The van der Waals surface area contributed by atoms with Gasteiger partial charge in [-0.2, -0.15) is 0 Å². The van der Waals surface area contributed by atoms with Crippen molar-refractivity contribution < 1.29 is 14.3 Å². The van der Waals surface area contributed by atoms with Crippen LogP contribution in [0.15, 0.2) is 40.9 Å². The quantitative estimate of drug-likeness (QED) is 0.591. The molecule has 0 saturated carbocycles. The largest absolute Gasteiger partial charge is 0.493 e. The highest BCUT2D eigenvalue weighted by atomic mass is 79.9. The molecule has 0 spiro atoms. The van der Waals surface area contributed by atoms with Gasteiger partial charge in [0.1, 0.15) is 0 Å². The molecule has 0 atom stereocenters. The summed E-state index contributed by atoms with van der Waals surface area (Å²) in [6.07, 6.45) is 0. The molecule has 0 fully saturated rings. The number of nitrogens with one attached hydrogen (secondary N) is 2. The average molecular weight is 435 g/mol. The lowest BCUT2D eigenvalue weighted by Crippen LogP contribution is -2.27. The molecule has 2 rings (SSSR count). The molecule has 1 amide bonds. The topological polar surface area (TPSA) is 59.6 Å². The molecule has 0 unspecified atom stereocenters. The first-order chi connectivity index (χ1) is 12.9. The highest BCUT2D eigenvalue weighted by molar-refractivity contribution is 9.10. The third-order valence-electron chi connectivity index (χ3n) is 3.87. The van der Waals surface area contributed by atoms with E-state index >= 15 is 0 Å². The van der Waals surface area contributed by atoms with Crippen molar-refractivity contribution in [2.45, 2.75) is 27.3 Å². The Kier molecular flexibility index (Phi) is 7.98. The summed E-state index contributed by atoms with van der Waals surface area (Å²) in [5, 5.41) is 6.29. The summed E-state index contributed by atoms with van der Waals surface area (Å²) in [4.78, 5) is 12.2. The molecule has 2 N–H and O–H groups in total. The van der Waals surface area contributed by atoms with Gasteiger partial charge in [-0.25, -0.2) is 0 Å². The SMILES string of the molecule is CCOc1c(Br)cc(CNc2cccc(C(=O)NCC(C)C)c2)cc1OC. The lowest BCUT2D eigenvalue weighted by atomic mass is 10.1. The molecule has 2 aromatic carbocycles. The van der Waals surface area contributed by atoms with Gasteiger partial charge in [0.15, 0.2) is 11.5 Å². The van der Waals surface area contributed by atoms with Crippen molar-refractivity contribution in [2.24, 2.45) is 5.92 Å². The van der Waals surface area contributed by atoms with Crippen molar-refractivity contribution in [3.8, 4) is 11.5 Å². The first-order valence-corrected chi connectivity index (χ1v) is 9.85. The Bertz CT molecular complexity index is 778. The van der Waals surface area contributed by atoms with Crippen LogP contribution in [0.1, 0.15) is 36.7 Å². The van der Waals surface area contributed by atoms with Crippen molar-refractivity contribution in [1.82, 2.24) is 5.32 Å². The van der Waals surface area contributed by atoms with Crippen LogP contribution in [-0.4, -0.2) is 26.2 Å². The van der Waals surface area contributed by atoms with Crippen LogP contribution in [0.5, 0.6) is 11.5 Å². The maximum absolute atomic E-state index is 12.2. The smallest absolute Gasteiger partial charge is 0.251 e. The van der Waals surface area contributed by atoms with Gasteiger partial charge < -0.3 is 20.1 Å². The van der Waals surface area contributed by atoms with E-state index in [2.05, 4.69) is 40.4 Å². The fraction of sp³-hybridized carbons (Fsp3) is 0.381. The number of methoxy groups -OCH3 is 1. The van der Waals surface area contributed by atoms with Crippen LogP contribution in [0.3, 0.4) is 0 Å². The Balaban J connectivity index is 2.07. The van der Waals surface area contributed by atoms with Gasteiger partial charge >= 0.3 is 0 Å². The number of ether oxygens (including phenoxy) is 2.